The molecule has 10 nitrogen and oxygen atoms in total. The van der Waals surface area contributed by atoms with Crippen LogP contribution in [-0.4, -0.2) is 73.2 Å². The van der Waals surface area contributed by atoms with Crippen molar-refractivity contribution in [2.45, 2.75) is 185 Å². The minimum atomic E-state index is 0.347. The van der Waals surface area contributed by atoms with Crippen molar-refractivity contribution in [2.24, 2.45) is 47.3 Å². The first-order valence-electron chi connectivity index (χ1n) is 22.0. The summed E-state index contributed by atoms with van der Waals surface area (Å²) < 4.78 is 0. The van der Waals surface area contributed by atoms with Gasteiger partial charge in [-0.25, -0.2) is 0 Å². The Morgan fingerprint density at radius 3 is 0.900 bits per heavy atom. The van der Waals surface area contributed by atoms with E-state index in [0.29, 0.717) is 55.2 Å². The molecule has 1 amide bonds. The van der Waals surface area contributed by atoms with Crippen LogP contribution in [0.25, 0.3) is 0 Å². The van der Waals surface area contributed by atoms with Gasteiger partial charge in [-0.1, -0.05) is 57.8 Å². The third-order valence-electron chi connectivity index (χ3n) is 15.9. The van der Waals surface area contributed by atoms with Gasteiger partial charge in [-0.05, 0) is 118 Å². The van der Waals surface area contributed by atoms with E-state index < -0.39 is 0 Å². The van der Waals surface area contributed by atoms with Gasteiger partial charge in [-0.2, -0.15) is 0 Å². The second kappa shape index (κ2) is 15.5. The number of likely N-dealkylation sites (tertiary alicyclic amines) is 1. The molecule has 10 heteroatoms. The first kappa shape index (κ1) is 34.9. The highest BCUT2D eigenvalue weighted by molar-refractivity contribution is 5.76. The van der Waals surface area contributed by atoms with Crippen LogP contribution >= 0.6 is 0 Å². The van der Waals surface area contributed by atoms with Gasteiger partial charge in [0.15, 0.2) is 0 Å². The predicted octanol–water partition coefficient (Wildman–Crippen LogP) is 4.01. The van der Waals surface area contributed by atoms with Crippen LogP contribution in [0.2, 0.25) is 0 Å². The minimum Gasteiger partial charge on any atom is -0.343 e. The molecule has 10 aliphatic rings. The maximum absolute atomic E-state index is 11.2. The lowest BCUT2D eigenvalue weighted by molar-refractivity contribution is -0.130. The van der Waals surface area contributed by atoms with Gasteiger partial charge >= 0.3 is 0 Å². The molecular weight excluding hydrogens is 623 g/mol. The Morgan fingerprint density at radius 1 is 0.400 bits per heavy atom. The zero-order valence-electron chi connectivity index (χ0n) is 31.1. The maximum Gasteiger partial charge on any atom is 0.222 e. The van der Waals surface area contributed by atoms with Gasteiger partial charge in [0.05, 0.1) is 49.3 Å². The van der Waals surface area contributed by atoms with Gasteiger partial charge in [0.25, 0.3) is 0 Å². The van der Waals surface area contributed by atoms with E-state index in [4.69, 9.17) is 0 Å². The molecule has 0 aromatic heterocycles. The van der Waals surface area contributed by atoms with E-state index >= 15 is 0 Å². The Labute approximate surface area is 302 Å². The third-order valence-corrected chi connectivity index (χ3v) is 15.9. The van der Waals surface area contributed by atoms with E-state index in [1.54, 1.807) is 0 Å². The molecule has 4 aliphatic carbocycles. The third kappa shape index (κ3) is 6.84. The zero-order valence-corrected chi connectivity index (χ0v) is 31.1. The molecule has 50 heavy (non-hydrogen) atoms. The van der Waals surface area contributed by atoms with Crippen molar-refractivity contribution in [1.29, 1.82) is 0 Å². The Kier molecular flexibility index (Phi) is 10.8. The number of nitrogens with zero attached hydrogens (tertiary/aromatic N) is 1. The molecule has 0 radical (unpaired) electrons. The van der Waals surface area contributed by atoms with Gasteiger partial charge in [0.1, 0.15) is 0 Å². The molecule has 282 valence electrons. The molecule has 6 heterocycles. The smallest absolute Gasteiger partial charge is 0.222 e. The highest BCUT2D eigenvalue weighted by Gasteiger charge is 2.54. The van der Waals surface area contributed by atoms with Gasteiger partial charge in [-0.3, -0.25) is 47.3 Å². The van der Waals surface area contributed by atoms with Gasteiger partial charge in [0, 0.05) is 19.5 Å². The number of rotatable bonds is 1. The number of carbonyl (C=O) groups is 1. The summed E-state index contributed by atoms with van der Waals surface area (Å²) in [6, 6.07) is 0. The zero-order chi connectivity index (χ0) is 33.6. The van der Waals surface area contributed by atoms with Crippen molar-refractivity contribution in [3.63, 3.8) is 0 Å². The molecule has 0 spiro atoms. The van der Waals surface area contributed by atoms with Crippen molar-refractivity contribution >= 4 is 5.91 Å². The second-order valence-corrected chi connectivity index (χ2v) is 18.4. The summed E-state index contributed by atoms with van der Waals surface area (Å²) in [6.07, 6.45) is 29.9. The molecule has 0 aromatic rings. The van der Waals surface area contributed by atoms with Crippen molar-refractivity contribution < 1.29 is 4.79 Å². The largest absolute Gasteiger partial charge is 0.343 e. The summed E-state index contributed by atoms with van der Waals surface area (Å²) in [5.74, 6) is 6.32. The fourth-order valence-electron chi connectivity index (χ4n) is 13.3. The first-order valence-corrected chi connectivity index (χ1v) is 22.0. The average Bonchev–Trinajstić information content (AvgIpc) is 3.85. The highest BCUT2D eigenvalue weighted by atomic mass is 16.2. The van der Waals surface area contributed by atoms with E-state index in [1.807, 2.05) is 11.8 Å². The topological polar surface area (TPSA) is 117 Å². The van der Waals surface area contributed by atoms with Crippen LogP contribution < -0.4 is 42.5 Å². The van der Waals surface area contributed by atoms with Crippen LogP contribution in [0.1, 0.15) is 135 Å². The Hall–Kier alpha value is -0.850. The summed E-state index contributed by atoms with van der Waals surface area (Å²) in [6.45, 7) is 3.91. The molecular formula is C40H71N9O. The maximum atomic E-state index is 11.2. The molecule has 10 fully saturated rings. The van der Waals surface area contributed by atoms with Gasteiger partial charge in [-0.15, -0.1) is 0 Å². The van der Waals surface area contributed by atoms with Gasteiger partial charge in [0.2, 0.25) is 5.91 Å². The lowest BCUT2D eigenvalue weighted by atomic mass is 9.76. The number of nitrogens with one attached hydrogen (secondary N) is 8. The van der Waals surface area contributed by atoms with Crippen LogP contribution in [0.15, 0.2) is 0 Å². The average molecular weight is 694 g/mol. The lowest BCUT2D eigenvalue weighted by Crippen LogP contribution is -2.61. The highest BCUT2D eigenvalue weighted by Crippen LogP contribution is 2.45. The van der Waals surface area contributed by atoms with E-state index in [1.165, 1.54) is 116 Å². The van der Waals surface area contributed by atoms with Crippen LogP contribution in [0.3, 0.4) is 0 Å². The fourth-order valence-corrected chi connectivity index (χ4v) is 13.3. The van der Waals surface area contributed by atoms with Gasteiger partial charge < -0.3 is 4.90 Å². The normalized spacial score (nSPS) is 50.3. The molecule has 8 bridgehead atoms. The number of amides is 1. The summed E-state index contributed by atoms with van der Waals surface area (Å²) in [5.41, 5.74) is 0. The minimum absolute atomic E-state index is 0.347. The Balaban J connectivity index is 0.000000293. The molecule has 8 unspecified atom stereocenters. The summed E-state index contributed by atoms with van der Waals surface area (Å²) in [5, 5.41) is 33.8. The summed E-state index contributed by atoms with van der Waals surface area (Å²) >= 11 is 0. The number of hydrogen-bond donors (Lipinski definition) is 8. The van der Waals surface area contributed by atoms with Crippen LogP contribution in [0.4, 0.5) is 0 Å². The quantitative estimate of drug-likeness (QED) is 0.206. The Bertz CT molecular complexity index is 950. The van der Waals surface area contributed by atoms with E-state index in [-0.39, 0.29) is 0 Å². The fraction of sp³-hybridized carbons (Fsp3) is 0.975. The first-order chi connectivity index (χ1) is 24.6. The predicted molar refractivity (Wildman–Crippen MR) is 198 cm³/mol. The van der Waals surface area contributed by atoms with Crippen molar-refractivity contribution in [3.05, 3.63) is 0 Å². The summed E-state index contributed by atoms with van der Waals surface area (Å²) in [4.78, 5) is 13.1. The van der Waals surface area contributed by atoms with Crippen molar-refractivity contribution in [2.75, 3.05) is 13.1 Å². The molecule has 0 aromatic carbocycles. The molecule has 6 aliphatic heterocycles. The summed E-state index contributed by atoms with van der Waals surface area (Å²) in [7, 11) is 0. The second-order valence-electron chi connectivity index (χ2n) is 18.4. The SMILES string of the molecule is C1CCC2C3NC(NC4NC(NC5NC(NC6NC(N3)C3CCCCC63)C3CCCCC53)C3CCCCC43)C2C1.CCN1CCCCCC1=O. The number of carbonyl (C=O) groups excluding carboxylic acids is 1. The number of fused-ring (bicyclic) bond motifs is 20. The van der Waals surface area contributed by atoms with Crippen LogP contribution in [0, 0.1) is 47.3 Å². The van der Waals surface area contributed by atoms with Crippen LogP contribution in [-0.2, 0) is 4.79 Å². The number of hydrogen-bond acceptors (Lipinski definition) is 9. The standard InChI is InChI=1S/C32H56N8.C8H15NO/c1-2-10-18-17(9-1)25-33-26(18)38-28-21-13-5-6-14-22(21)30(35-28)40-32-24-16-8-7-15-23(24)31(36-32)39-29-20-12-4-3-11-19(20)27(34-29)37-25;1-2-9-7-5-3-4-6-8(9)10/h17-40H,1-16H2;2-7H2,1H3. The van der Waals surface area contributed by atoms with Crippen LogP contribution in [0.5, 0.6) is 0 Å². The molecule has 8 atom stereocenters. The Morgan fingerprint density at radius 2 is 0.660 bits per heavy atom. The van der Waals surface area contributed by atoms with E-state index in [2.05, 4.69) is 42.5 Å². The van der Waals surface area contributed by atoms with Crippen molar-refractivity contribution in [1.82, 2.24) is 47.4 Å². The molecule has 4 saturated carbocycles. The lowest BCUT2D eigenvalue weighted by Gasteiger charge is -2.35. The molecule has 8 N–H and O–H groups in total. The monoisotopic (exact) mass is 694 g/mol. The molecule has 6 saturated heterocycles. The molecule has 10 rings (SSSR count). The van der Waals surface area contributed by atoms with E-state index in [9.17, 15) is 4.79 Å². The van der Waals surface area contributed by atoms with Crippen molar-refractivity contribution in [3.8, 4) is 0 Å². The van der Waals surface area contributed by atoms with E-state index in [0.717, 1.165) is 73.3 Å².